The van der Waals surface area contributed by atoms with Crippen LogP contribution in [0, 0.1) is 10.1 Å². The van der Waals surface area contributed by atoms with Crippen molar-refractivity contribution in [3.05, 3.63) is 61.5 Å². The van der Waals surface area contributed by atoms with Gasteiger partial charge in [0.2, 0.25) is 0 Å². The van der Waals surface area contributed by atoms with Crippen molar-refractivity contribution in [2.75, 3.05) is 37.0 Å². The Morgan fingerprint density at radius 3 is 2.35 bits per heavy atom. The number of anilines is 1. The maximum atomic E-state index is 11.9. The SMILES string of the molecule is Cn1c(=O)c2c(ncn2CCCl)n(C)c1=O.O=[N+]([O-])c1ccc(N2CCNCC2)cc1. The largest absolute Gasteiger partial charge is 0.369 e. The van der Waals surface area contributed by atoms with Crippen LogP contribution in [0.5, 0.6) is 0 Å². The van der Waals surface area contributed by atoms with Gasteiger partial charge in [-0.2, -0.15) is 0 Å². The summed E-state index contributed by atoms with van der Waals surface area (Å²) in [6, 6.07) is 6.72. The first-order valence-electron chi connectivity index (χ1n) is 9.72. The van der Waals surface area contributed by atoms with Gasteiger partial charge in [0.25, 0.3) is 11.2 Å². The van der Waals surface area contributed by atoms with Crippen LogP contribution in [0.1, 0.15) is 0 Å². The van der Waals surface area contributed by atoms with Crippen molar-refractivity contribution in [1.29, 1.82) is 0 Å². The van der Waals surface area contributed by atoms with E-state index < -0.39 is 0 Å². The molecule has 1 N–H and O–H groups in total. The molecule has 0 amide bonds. The summed E-state index contributed by atoms with van der Waals surface area (Å²) < 4.78 is 4.07. The summed E-state index contributed by atoms with van der Waals surface area (Å²) >= 11 is 5.63. The van der Waals surface area contributed by atoms with Gasteiger partial charge in [-0.15, -0.1) is 11.6 Å². The monoisotopic (exact) mass is 449 g/mol. The number of hydrogen-bond acceptors (Lipinski definition) is 7. The first kappa shape index (κ1) is 22.5. The number of piperazine rings is 1. The Morgan fingerprint density at radius 2 is 1.77 bits per heavy atom. The Labute approximate surface area is 182 Å². The molecule has 1 aliphatic rings. The molecule has 0 unspecified atom stereocenters. The van der Waals surface area contributed by atoms with Gasteiger partial charge >= 0.3 is 5.69 Å². The van der Waals surface area contributed by atoms with E-state index in [4.69, 9.17) is 11.6 Å². The molecular weight excluding hydrogens is 426 g/mol. The van der Waals surface area contributed by atoms with E-state index in [9.17, 15) is 19.7 Å². The molecule has 1 fully saturated rings. The molecule has 4 rings (SSSR count). The average Bonchev–Trinajstić information content (AvgIpc) is 3.21. The molecule has 166 valence electrons. The molecule has 12 heteroatoms. The summed E-state index contributed by atoms with van der Waals surface area (Å²) in [5.41, 5.74) is 1.27. The van der Waals surface area contributed by atoms with Gasteiger partial charge in [0.1, 0.15) is 0 Å². The number of benzene rings is 1. The summed E-state index contributed by atoms with van der Waals surface area (Å²) in [6.07, 6.45) is 1.52. The van der Waals surface area contributed by atoms with Crippen LogP contribution in [0.15, 0.2) is 40.2 Å². The molecule has 1 aromatic carbocycles. The lowest BCUT2D eigenvalue weighted by Gasteiger charge is -2.29. The van der Waals surface area contributed by atoms with E-state index in [1.165, 1.54) is 17.9 Å². The molecule has 0 saturated carbocycles. The van der Waals surface area contributed by atoms with Crippen LogP contribution in [0.2, 0.25) is 0 Å². The quantitative estimate of drug-likeness (QED) is 0.353. The van der Waals surface area contributed by atoms with Gasteiger partial charge in [-0.05, 0) is 12.1 Å². The lowest BCUT2D eigenvalue weighted by Crippen LogP contribution is -2.43. The summed E-state index contributed by atoms with van der Waals surface area (Å²) in [7, 11) is 3.03. The van der Waals surface area contributed by atoms with Crippen LogP contribution in [0.3, 0.4) is 0 Å². The molecule has 0 spiro atoms. The molecule has 3 aromatic rings. The highest BCUT2D eigenvalue weighted by atomic mass is 35.5. The van der Waals surface area contributed by atoms with Crippen LogP contribution < -0.4 is 21.5 Å². The first-order chi connectivity index (χ1) is 14.8. The minimum Gasteiger partial charge on any atom is -0.369 e. The molecule has 11 nitrogen and oxygen atoms in total. The zero-order chi connectivity index (χ0) is 22.5. The van der Waals surface area contributed by atoms with Gasteiger partial charge < -0.3 is 14.8 Å². The minimum atomic E-state index is -0.381. The summed E-state index contributed by atoms with van der Waals surface area (Å²) in [4.78, 5) is 39.9. The number of non-ortho nitro benzene ring substituents is 1. The topological polar surface area (TPSA) is 120 Å². The fourth-order valence-corrected chi connectivity index (χ4v) is 3.55. The number of halogens is 1. The first-order valence-corrected chi connectivity index (χ1v) is 10.3. The average molecular weight is 450 g/mol. The maximum Gasteiger partial charge on any atom is 0.332 e. The Bertz CT molecular complexity index is 1180. The van der Waals surface area contributed by atoms with E-state index in [1.807, 2.05) is 12.1 Å². The number of fused-ring (bicyclic) bond motifs is 1. The van der Waals surface area contributed by atoms with Gasteiger partial charge in [0, 0.05) is 70.5 Å². The third kappa shape index (κ3) is 4.78. The van der Waals surface area contributed by atoms with Crippen LogP contribution >= 0.6 is 11.6 Å². The molecule has 1 saturated heterocycles. The second-order valence-electron chi connectivity index (χ2n) is 7.02. The van der Waals surface area contributed by atoms with Crippen molar-refractivity contribution >= 4 is 34.1 Å². The third-order valence-corrected chi connectivity index (χ3v) is 5.25. The summed E-state index contributed by atoms with van der Waals surface area (Å²) in [6.45, 7) is 4.34. The number of nitro benzene ring substituents is 1. The van der Waals surface area contributed by atoms with E-state index in [2.05, 4.69) is 15.2 Å². The Morgan fingerprint density at radius 1 is 1.13 bits per heavy atom. The molecular formula is C19H24ClN7O4. The number of alkyl halides is 1. The van der Waals surface area contributed by atoms with Crippen LogP contribution in [-0.2, 0) is 20.6 Å². The van der Waals surface area contributed by atoms with Gasteiger partial charge in [-0.25, -0.2) is 9.78 Å². The Balaban J connectivity index is 0.000000176. The van der Waals surface area contributed by atoms with Gasteiger partial charge in [-0.1, -0.05) is 0 Å². The van der Waals surface area contributed by atoms with E-state index in [0.717, 1.165) is 36.4 Å². The molecule has 0 bridgehead atoms. The summed E-state index contributed by atoms with van der Waals surface area (Å²) in [5.74, 6) is 0.386. The number of nitrogens with zero attached hydrogens (tertiary/aromatic N) is 6. The number of aryl methyl sites for hydroxylation is 2. The molecule has 2 aromatic heterocycles. The van der Waals surface area contributed by atoms with Crippen molar-refractivity contribution < 1.29 is 4.92 Å². The van der Waals surface area contributed by atoms with Crippen LogP contribution in [0.25, 0.3) is 11.2 Å². The maximum absolute atomic E-state index is 11.9. The second kappa shape index (κ2) is 9.75. The Hall–Kier alpha value is -3.18. The van der Waals surface area contributed by atoms with Crippen molar-refractivity contribution in [3.63, 3.8) is 0 Å². The molecule has 0 atom stereocenters. The van der Waals surface area contributed by atoms with E-state index in [-0.39, 0.29) is 21.9 Å². The standard InChI is InChI=1S/C10H13N3O2.C9H11ClN4O2/c14-13(15)10-3-1-9(2-4-10)12-7-5-11-6-8-12;1-12-7-6(8(15)13(2)9(12)16)14(4-3-10)5-11-7/h1-4,11H,5-8H2;5H,3-4H2,1-2H3. The molecule has 31 heavy (non-hydrogen) atoms. The predicted molar refractivity (Wildman–Crippen MR) is 119 cm³/mol. The number of imidazole rings is 1. The number of nitrogens with one attached hydrogen (secondary N) is 1. The zero-order valence-electron chi connectivity index (χ0n) is 17.3. The second-order valence-corrected chi connectivity index (χ2v) is 7.39. The molecule has 1 aliphatic heterocycles. The third-order valence-electron chi connectivity index (χ3n) is 5.09. The minimum absolute atomic E-state index is 0.147. The number of rotatable bonds is 4. The fraction of sp³-hybridized carbons (Fsp3) is 0.421. The lowest BCUT2D eigenvalue weighted by molar-refractivity contribution is -0.384. The van der Waals surface area contributed by atoms with E-state index in [1.54, 1.807) is 23.7 Å². The van der Waals surface area contributed by atoms with Gasteiger partial charge in [-0.3, -0.25) is 24.0 Å². The number of hydrogen-bond donors (Lipinski definition) is 1. The predicted octanol–water partition coefficient (Wildman–Crippen LogP) is 0.677. The van der Waals surface area contributed by atoms with Crippen LogP contribution in [0.4, 0.5) is 11.4 Å². The Kier molecular flexibility index (Phi) is 7.08. The highest BCUT2D eigenvalue weighted by Crippen LogP contribution is 2.19. The van der Waals surface area contributed by atoms with E-state index >= 15 is 0 Å². The van der Waals surface area contributed by atoms with Crippen LogP contribution in [-0.4, -0.2) is 55.7 Å². The smallest absolute Gasteiger partial charge is 0.332 e. The fourth-order valence-electron chi connectivity index (χ4n) is 3.37. The zero-order valence-corrected chi connectivity index (χ0v) is 18.1. The normalized spacial score (nSPS) is 13.7. The molecule has 0 radical (unpaired) electrons. The van der Waals surface area contributed by atoms with Crippen molar-refractivity contribution in [3.8, 4) is 0 Å². The van der Waals surface area contributed by atoms with Gasteiger partial charge in [0.15, 0.2) is 11.2 Å². The van der Waals surface area contributed by atoms with Crippen molar-refractivity contribution in [1.82, 2.24) is 24.0 Å². The molecule has 0 aliphatic carbocycles. The van der Waals surface area contributed by atoms with Gasteiger partial charge in [0.05, 0.1) is 11.3 Å². The van der Waals surface area contributed by atoms with Crippen molar-refractivity contribution in [2.24, 2.45) is 14.1 Å². The highest BCUT2D eigenvalue weighted by molar-refractivity contribution is 6.17. The lowest BCUT2D eigenvalue weighted by atomic mass is 10.2. The molecule has 3 heterocycles. The number of nitro groups is 1. The van der Waals surface area contributed by atoms with Crippen molar-refractivity contribution in [2.45, 2.75) is 6.54 Å². The summed E-state index contributed by atoms with van der Waals surface area (Å²) in [5, 5.41) is 13.7. The van der Waals surface area contributed by atoms with E-state index in [0.29, 0.717) is 23.6 Å². The number of aromatic nitrogens is 4. The highest BCUT2D eigenvalue weighted by Gasteiger charge is 2.14.